The van der Waals surface area contributed by atoms with Crippen LogP contribution in [0.4, 0.5) is 5.69 Å². The summed E-state index contributed by atoms with van der Waals surface area (Å²) in [6.45, 7) is 4.97. The zero-order valence-corrected chi connectivity index (χ0v) is 11.6. The molecule has 0 radical (unpaired) electrons. The van der Waals surface area contributed by atoms with Gasteiger partial charge in [-0.05, 0) is 45.4 Å². The third-order valence-electron chi connectivity index (χ3n) is 3.68. The summed E-state index contributed by atoms with van der Waals surface area (Å²) in [5, 5.41) is 12.3. The summed E-state index contributed by atoms with van der Waals surface area (Å²) in [5.41, 5.74) is 0.694. The number of aliphatic hydroxyl groups excluding tert-OH is 1. The van der Waals surface area contributed by atoms with E-state index in [0.717, 1.165) is 18.7 Å². The average Bonchev–Trinajstić information content (AvgIpc) is 2.48. The predicted molar refractivity (Wildman–Crippen MR) is 76.1 cm³/mol. The molecule has 1 saturated heterocycles. The van der Waals surface area contributed by atoms with E-state index in [-0.39, 0.29) is 24.1 Å². The van der Waals surface area contributed by atoms with Crippen LogP contribution in [-0.4, -0.2) is 35.7 Å². The molecule has 1 atom stereocenters. The number of amides is 1. The first-order chi connectivity index (χ1) is 9.06. The van der Waals surface area contributed by atoms with Gasteiger partial charge in [0.1, 0.15) is 0 Å². The molecule has 4 heteroatoms. The van der Waals surface area contributed by atoms with Crippen LogP contribution in [0.1, 0.15) is 26.7 Å². The second-order valence-electron chi connectivity index (χ2n) is 5.59. The molecule has 0 saturated carbocycles. The fourth-order valence-corrected chi connectivity index (χ4v) is 2.61. The fourth-order valence-electron chi connectivity index (χ4n) is 2.61. The molecule has 19 heavy (non-hydrogen) atoms. The van der Waals surface area contributed by atoms with Gasteiger partial charge in [-0.3, -0.25) is 4.79 Å². The first kappa shape index (κ1) is 14.0. The number of para-hydroxylation sites is 1. The number of nitrogens with zero attached hydrogens (tertiary/aromatic N) is 1. The first-order valence-corrected chi connectivity index (χ1v) is 6.79. The lowest BCUT2D eigenvalue weighted by Crippen LogP contribution is -2.51. The lowest BCUT2D eigenvalue weighted by atomic mass is 9.97. The number of nitrogens with one attached hydrogen (secondary N) is 1. The summed E-state index contributed by atoms with van der Waals surface area (Å²) in [6, 6.07) is 9.45. The van der Waals surface area contributed by atoms with E-state index < -0.39 is 0 Å². The highest BCUT2D eigenvalue weighted by atomic mass is 16.3. The SMILES string of the molecule is CC1(C)CCNC(CCO)C(=O)N1c1ccccc1. The molecule has 1 aromatic carbocycles. The minimum Gasteiger partial charge on any atom is -0.396 e. The predicted octanol–water partition coefficient (Wildman–Crippen LogP) is 1.54. The Labute approximate surface area is 114 Å². The molecular formula is C15H22N2O2. The molecule has 1 amide bonds. The molecule has 1 fully saturated rings. The van der Waals surface area contributed by atoms with Crippen molar-refractivity contribution in [2.75, 3.05) is 18.1 Å². The highest BCUT2D eigenvalue weighted by Crippen LogP contribution is 2.29. The summed E-state index contributed by atoms with van der Waals surface area (Å²) in [6.07, 6.45) is 1.34. The van der Waals surface area contributed by atoms with Gasteiger partial charge in [0.05, 0.1) is 6.04 Å². The van der Waals surface area contributed by atoms with E-state index in [1.807, 2.05) is 35.2 Å². The molecule has 1 aliphatic heterocycles. The van der Waals surface area contributed by atoms with Crippen molar-refractivity contribution in [3.05, 3.63) is 30.3 Å². The lowest BCUT2D eigenvalue weighted by Gasteiger charge is -2.38. The van der Waals surface area contributed by atoms with Gasteiger partial charge in [0.2, 0.25) is 5.91 Å². The van der Waals surface area contributed by atoms with Gasteiger partial charge >= 0.3 is 0 Å². The minimum atomic E-state index is -0.299. The number of carbonyl (C=O) groups is 1. The summed E-state index contributed by atoms with van der Waals surface area (Å²) in [5.74, 6) is 0.0442. The Morgan fingerprint density at radius 1 is 1.37 bits per heavy atom. The van der Waals surface area contributed by atoms with Crippen LogP contribution >= 0.6 is 0 Å². The van der Waals surface area contributed by atoms with Crippen LogP contribution < -0.4 is 10.2 Å². The van der Waals surface area contributed by atoms with Crippen LogP contribution in [0.15, 0.2) is 30.3 Å². The molecule has 1 aromatic rings. The van der Waals surface area contributed by atoms with E-state index >= 15 is 0 Å². The van der Waals surface area contributed by atoms with Gasteiger partial charge in [0.25, 0.3) is 0 Å². The number of hydrogen-bond acceptors (Lipinski definition) is 3. The van der Waals surface area contributed by atoms with Crippen molar-refractivity contribution in [2.45, 2.75) is 38.3 Å². The molecular weight excluding hydrogens is 240 g/mol. The first-order valence-electron chi connectivity index (χ1n) is 6.79. The van der Waals surface area contributed by atoms with Crippen molar-refractivity contribution in [3.8, 4) is 0 Å². The number of rotatable bonds is 3. The molecule has 0 spiro atoms. The van der Waals surface area contributed by atoms with Crippen LogP contribution in [0.3, 0.4) is 0 Å². The van der Waals surface area contributed by atoms with Crippen molar-refractivity contribution < 1.29 is 9.90 Å². The van der Waals surface area contributed by atoms with Gasteiger partial charge in [-0.15, -0.1) is 0 Å². The number of carbonyl (C=O) groups excluding carboxylic acids is 1. The number of anilines is 1. The Balaban J connectivity index is 2.36. The van der Waals surface area contributed by atoms with Gasteiger partial charge < -0.3 is 15.3 Å². The molecule has 2 N–H and O–H groups in total. The molecule has 1 heterocycles. The van der Waals surface area contributed by atoms with E-state index in [2.05, 4.69) is 19.2 Å². The van der Waals surface area contributed by atoms with Crippen molar-refractivity contribution in [1.82, 2.24) is 5.32 Å². The van der Waals surface area contributed by atoms with E-state index in [1.54, 1.807) is 0 Å². The lowest BCUT2D eigenvalue weighted by molar-refractivity contribution is -0.121. The maximum absolute atomic E-state index is 12.7. The number of benzene rings is 1. The fraction of sp³-hybridized carbons (Fsp3) is 0.533. The third-order valence-corrected chi connectivity index (χ3v) is 3.68. The largest absolute Gasteiger partial charge is 0.396 e. The topological polar surface area (TPSA) is 52.6 Å². The zero-order chi connectivity index (χ0) is 13.9. The molecule has 1 aliphatic rings. The van der Waals surface area contributed by atoms with Crippen LogP contribution in [0.2, 0.25) is 0 Å². The molecule has 104 valence electrons. The Morgan fingerprint density at radius 3 is 2.68 bits per heavy atom. The molecule has 0 aliphatic carbocycles. The Kier molecular flexibility index (Phi) is 4.22. The highest BCUT2D eigenvalue weighted by Gasteiger charge is 2.38. The van der Waals surface area contributed by atoms with E-state index in [9.17, 15) is 4.79 Å². The highest BCUT2D eigenvalue weighted by molar-refractivity contribution is 5.98. The summed E-state index contributed by atoms with van der Waals surface area (Å²) in [4.78, 5) is 14.6. The Bertz CT molecular complexity index is 431. The average molecular weight is 262 g/mol. The van der Waals surface area contributed by atoms with Gasteiger partial charge in [-0.2, -0.15) is 0 Å². The van der Waals surface area contributed by atoms with E-state index in [4.69, 9.17) is 5.11 Å². The maximum Gasteiger partial charge on any atom is 0.244 e. The molecule has 4 nitrogen and oxygen atoms in total. The quantitative estimate of drug-likeness (QED) is 0.869. The minimum absolute atomic E-state index is 0.0203. The second-order valence-corrected chi connectivity index (χ2v) is 5.59. The second kappa shape index (κ2) is 5.72. The molecule has 0 aromatic heterocycles. The smallest absolute Gasteiger partial charge is 0.244 e. The van der Waals surface area contributed by atoms with Crippen molar-refractivity contribution in [3.63, 3.8) is 0 Å². The van der Waals surface area contributed by atoms with Crippen LogP contribution in [0.25, 0.3) is 0 Å². The number of hydrogen-bond donors (Lipinski definition) is 2. The van der Waals surface area contributed by atoms with Gasteiger partial charge in [-0.25, -0.2) is 0 Å². The van der Waals surface area contributed by atoms with Gasteiger partial charge in [0, 0.05) is 17.8 Å². The molecule has 2 rings (SSSR count). The van der Waals surface area contributed by atoms with Crippen molar-refractivity contribution >= 4 is 11.6 Å². The third kappa shape index (κ3) is 2.96. The summed E-state index contributed by atoms with van der Waals surface area (Å²) in [7, 11) is 0. The Hall–Kier alpha value is -1.39. The molecule has 0 bridgehead atoms. The van der Waals surface area contributed by atoms with Crippen molar-refractivity contribution in [2.24, 2.45) is 0 Å². The maximum atomic E-state index is 12.7. The van der Waals surface area contributed by atoms with E-state index in [0.29, 0.717) is 6.42 Å². The van der Waals surface area contributed by atoms with Gasteiger partial charge in [0.15, 0.2) is 0 Å². The van der Waals surface area contributed by atoms with Crippen LogP contribution in [0.5, 0.6) is 0 Å². The molecule has 1 unspecified atom stereocenters. The summed E-state index contributed by atoms with van der Waals surface area (Å²) < 4.78 is 0. The standard InChI is InChI=1S/C15H22N2O2/c1-15(2)9-10-16-13(8-11-18)14(19)17(15)12-6-4-3-5-7-12/h3-7,13,16,18H,8-11H2,1-2H3. The van der Waals surface area contributed by atoms with Crippen LogP contribution in [0, 0.1) is 0 Å². The van der Waals surface area contributed by atoms with Gasteiger partial charge in [-0.1, -0.05) is 18.2 Å². The normalized spacial score (nSPS) is 23.2. The monoisotopic (exact) mass is 262 g/mol. The zero-order valence-electron chi connectivity index (χ0n) is 11.6. The summed E-state index contributed by atoms with van der Waals surface area (Å²) >= 11 is 0. The number of aliphatic hydroxyl groups is 1. The van der Waals surface area contributed by atoms with E-state index in [1.165, 1.54) is 0 Å². The Morgan fingerprint density at radius 2 is 2.05 bits per heavy atom. The van der Waals surface area contributed by atoms with Crippen LogP contribution in [-0.2, 0) is 4.79 Å². The van der Waals surface area contributed by atoms with Crippen molar-refractivity contribution in [1.29, 1.82) is 0 Å².